The van der Waals surface area contributed by atoms with E-state index in [0.717, 1.165) is 25.0 Å². The molecule has 2 aliphatic heterocycles. The van der Waals surface area contributed by atoms with Gasteiger partial charge in [-0.15, -0.1) is 0 Å². The molecule has 0 radical (unpaired) electrons. The maximum Gasteiger partial charge on any atom is 0.407 e. The third-order valence-electron chi connectivity index (χ3n) is 8.16. The number of nitrogens with one attached hydrogen (secondary N) is 2. The molecule has 1 saturated carbocycles. The first-order chi connectivity index (χ1) is 19.7. The van der Waals surface area contributed by atoms with Gasteiger partial charge in [0.1, 0.15) is 6.10 Å². The highest BCUT2D eigenvalue weighted by Gasteiger charge is 2.41. The molecule has 11 nitrogen and oxygen atoms in total. The molecule has 5 rings (SSSR count). The van der Waals surface area contributed by atoms with Crippen molar-refractivity contribution >= 4 is 27.7 Å². The summed E-state index contributed by atoms with van der Waals surface area (Å²) in [5.41, 5.74) is 7.04. The van der Waals surface area contributed by atoms with Crippen LogP contribution in [0.25, 0.3) is 0 Å². The molecular weight excluding hydrogens is 548 g/mol. The lowest BCUT2D eigenvalue weighted by atomic mass is 10.0. The minimum Gasteiger partial charge on any atom is -0.446 e. The van der Waals surface area contributed by atoms with Gasteiger partial charge in [-0.05, 0) is 61.4 Å². The average Bonchev–Trinajstić information content (AvgIpc) is 3.65. The van der Waals surface area contributed by atoms with Crippen molar-refractivity contribution in [1.82, 2.24) is 14.9 Å². The topological polar surface area (TPSA) is 160 Å². The summed E-state index contributed by atoms with van der Waals surface area (Å²) in [6.45, 7) is 0.404. The first-order valence-corrected chi connectivity index (χ1v) is 15.6. The number of alkyl carbamates (subject to hydrolysis) is 1. The summed E-state index contributed by atoms with van der Waals surface area (Å²) in [5, 5.41) is 17.1. The Balaban J connectivity index is 1.33. The Morgan fingerprint density at radius 3 is 2.59 bits per heavy atom. The number of amides is 2. The molecule has 6 atom stereocenters. The molecule has 2 aromatic rings. The van der Waals surface area contributed by atoms with Crippen molar-refractivity contribution < 1.29 is 32.6 Å². The quantitative estimate of drug-likeness (QED) is 0.290. The van der Waals surface area contributed by atoms with Gasteiger partial charge in [-0.3, -0.25) is 4.79 Å². The zero-order valence-electron chi connectivity index (χ0n) is 22.9. The fourth-order valence-electron chi connectivity index (χ4n) is 5.96. The van der Waals surface area contributed by atoms with Crippen molar-refractivity contribution in [3.8, 4) is 0 Å². The molecule has 12 heteroatoms. The van der Waals surface area contributed by atoms with Crippen molar-refractivity contribution in [2.24, 2.45) is 5.92 Å². The predicted molar refractivity (Wildman–Crippen MR) is 151 cm³/mol. The van der Waals surface area contributed by atoms with E-state index in [9.17, 15) is 23.1 Å². The summed E-state index contributed by atoms with van der Waals surface area (Å²) in [6.07, 6.45) is 1.29. The number of benzene rings is 2. The number of rotatable bonds is 11. The Bertz CT molecular complexity index is 1300. The van der Waals surface area contributed by atoms with E-state index in [1.807, 2.05) is 30.3 Å². The number of anilines is 1. The van der Waals surface area contributed by atoms with Crippen LogP contribution < -0.4 is 16.4 Å². The van der Waals surface area contributed by atoms with Crippen molar-refractivity contribution in [3.63, 3.8) is 0 Å². The fraction of sp³-hybridized carbons (Fsp3) is 0.517. The lowest BCUT2D eigenvalue weighted by Gasteiger charge is -2.31. The number of ether oxygens (including phenoxy) is 2. The number of nitrogens with two attached hydrogens (primary N) is 1. The molecule has 222 valence electrons. The maximum absolute atomic E-state index is 13.7. The van der Waals surface area contributed by atoms with Gasteiger partial charge in [0.2, 0.25) is 15.9 Å². The third-order valence-corrected chi connectivity index (χ3v) is 10.0. The number of sulfonamides is 1. The van der Waals surface area contributed by atoms with Crippen LogP contribution in [-0.2, 0) is 30.7 Å². The summed E-state index contributed by atoms with van der Waals surface area (Å²) in [6, 6.07) is 13.9. The molecule has 0 spiro atoms. The van der Waals surface area contributed by atoms with E-state index in [-0.39, 0.29) is 42.5 Å². The predicted octanol–water partition coefficient (Wildman–Crippen LogP) is 1.80. The zero-order chi connectivity index (χ0) is 29.0. The highest BCUT2D eigenvalue weighted by Crippen LogP contribution is 2.37. The van der Waals surface area contributed by atoms with Gasteiger partial charge in [-0.2, -0.15) is 4.31 Å². The van der Waals surface area contributed by atoms with Crippen LogP contribution in [0.2, 0.25) is 0 Å². The molecule has 1 aliphatic carbocycles. The third kappa shape index (κ3) is 7.37. The maximum atomic E-state index is 13.7. The summed E-state index contributed by atoms with van der Waals surface area (Å²) in [7, 11) is -4.07. The highest BCUT2D eigenvalue weighted by molar-refractivity contribution is 7.89. The van der Waals surface area contributed by atoms with Gasteiger partial charge < -0.3 is 30.9 Å². The molecular formula is C29H38N4O7S. The van der Waals surface area contributed by atoms with Crippen molar-refractivity contribution in [2.45, 2.75) is 73.8 Å². The van der Waals surface area contributed by atoms with Gasteiger partial charge in [0.25, 0.3) is 0 Å². The van der Waals surface area contributed by atoms with Crippen LogP contribution in [0.3, 0.4) is 0 Å². The second-order valence-electron chi connectivity index (χ2n) is 11.2. The average molecular weight is 587 g/mol. The van der Waals surface area contributed by atoms with E-state index in [0.29, 0.717) is 30.9 Å². The minimum absolute atomic E-state index is 0.0178. The highest BCUT2D eigenvalue weighted by atomic mass is 32.2. The first-order valence-electron chi connectivity index (χ1n) is 14.1. The van der Waals surface area contributed by atoms with Crippen LogP contribution in [0.5, 0.6) is 0 Å². The van der Waals surface area contributed by atoms with E-state index in [1.54, 1.807) is 0 Å². The minimum atomic E-state index is -4.07. The molecule has 2 heterocycles. The number of nitrogens with zero attached hydrogens (tertiary/aromatic N) is 1. The van der Waals surface area contributed by atoms with E-state index in [4.69, 9.17) is 15.2 Å². The van der Waals surface area contributed by atoms with Gasteiger partial charge in [-0.25, -0.2) is 13.2 Å². The number of hydrogen-bond donors (Lipinski definition) is 4. The SMILES string of the molecule is Nc1ccc(S(=O)(=O)N(CC2CCC(=O)N2)C[C@@H](O)[C@H](Cc2ccccc2)NC(=O)O[C@@H]2C[C@@H]3CCO[C@@H]3C2)cc1. The number of aliphatic hydroxyl groups excluding tert-OH is 1. The van der Waals surface area contributed by atoms with Crippen LogP contribution in [0, 0.1) is 5.92 Å². The summed E-state index contributed by atoms with van der Waals surface area (Å²) in [4.78, 5) is 24.9. The molecule has 2 aromatic carbocycles. The first kappa shape index (κ1) is 29.3. The molecule has 0 bridgehead atoms. The standard InChI is InChI=1S/C29H38N4O7S/c30-21-6-9-24(10-7-21)41(37,38)33(17-22-8-11-28(35)31-22)18-26(34)25(14-19-4-2-1-3-5-19)32-29(36)40-23-15-20-12-13-39-27(20)16-23/h1-7,9-10,20,22-23,25-27,34H,8,11-18,30H2,(H,31,35)(H,32,36)/t20-,22?,23+,25-,26+,27+/m0/s1. The number of aliphatic hydroxyl groups is 1. The molecule has 2 amide bonds. The lowest BCUT2D eigenvalue weighted by molar-refractivity contribution is -0.119. The Morgan fingerprint density at radius 2 is 1.90 bits per heavy atom. The molecule has 5 N–H and O–H groups in total. The molecule has 1 unspecified atom stereocenters. The van der Waals surface area contributed by atoms with Crippen LogP contribution >= 0.6 is 0 Å². The van der Waals surface area contributed by atoms with Gasteiger partial charge in [0, 0.05) is 44.3 Å². The van der Waals surface area contributed by atoms with Crippen LogP contribution in [0.4, 0.5) is 10.5 Å². The van der Waals surface area contributed by atoms with Gasteiger partial charge in [0.05, 0.1) is 23.1 Å². The van der Waals surface area contributed by atoms with E-state index >= 15 is 0 Å². The second kappa shape index (κ2) is 12.8. The number of carbonyl (C=O) groups is 2. The van der Waals surface area contributed by atoms with Crippen LogP contribution in [0.1, 0.15) is 37.7 Å². The van der Waals surface area contributed by atoms with E-state index < -0.39 is 34.3 Å². The lowest BCUT2D eigenvalue weighted by Crippen LogP contribution is -2.52. The summed E-state index contributed by atoms with van der Waals surface area (Å²) >= 11 is 0. The fourth-order valence-corrected chi connectivity index (χ4v) is 7.46. The summed E-state index contributed by atoms with van der Waals surface area (Å²) < 4.78 is 40.0. The Hall–Kier alpha value is -3.19. The molecule has 0 aromatic heterocycles. The van der Waals surface area contributed by atoms with Crippen molar-refractivity contribution in [2.75, 3.05) is 25.4 Å². The monoisotopic (exact) mass is 586 g/mol. The zero-order valence-corrected chi connectivity index (χ0v) is 23.7. The number of carbonyl (C=O) groups excluding carboxylic acids is 2. The smallest absolute Gasteiger partial charge is 0.407 e. The Labute approximate surface area is 240 Å². The molecule has 3 aliphatic rings. The number of hydrogen-bond acceptors (Lipinski definition) is 8. The van der Waals surface area contributed by atoms with E-state index in [2.05, 4.69) is 10.6 Å². The number of fused-ring (bicyclic) bond motifs is 1. The number of nitrogen functional groups attached to an aromatic ring is 1. The summed E-state index contributed by atoms with van der Waals surface area (Å²) in [5.74, 6) is 0.245. The van der Waals surface area contributed by atoms with Gasteiger partial charge in [-0.1, -0.05) is 30.3 Å². The van der Waals surface area contributed by atoms with Gasteiger partial charge >= 0.3 is 6.09 Å². The van der Waals surface area contributed by atoms with Crippen LogP contribution in [0.15, 0.2) is 59.5 Å². The van der Waals surface area contributed by atoms with Crippen molar-refractivity contribution in [1.29, 1.82) is 0 Å². The molecule has 3 fully saturated rings. The Morgan fingerprint density at radius 1 is 1.15 bits per heavy atom. The van der Waals surface area contributed by atoms with E-state index in [1.165, 1.54) is 28.6 Å². The van der Waals surface area contributed by atoms with Crippen LogP contribution in [-0.4, -0.2) is 79.9 Å². The Kier molecular flexibility index (Phi) is 9.12. The molecule has 2 saturated heterocycles. The normalized spacial score (nSPS) is 25.5. The second-order valence-corrected chi connectivity index (χ2v) is 13.1. The largest absolute Gasteiger partial charge is 0.446 e. The van der Waals surface area contributed by atoms with Gasteiger partial charge in [0.15, 0.2) is 0 Å². The van der Waals surface area contributed by atoms with Crippen molar-refractivity contribution in [3.05, 3.63) is 60.2 Å². The molecule has 41 heavy (non-hydrogen) atoms.